The summed E-state index contributed by atoms with van der Waals surface area (Å²) in [5, 5.41) is 0.143. The lowest BCUT2D eigenvalue weighted by Crippen LogP contribution is -2.34. The van der Waals surface area contributed by atoms with Crippen LogP contribution in [0.5, 0.6) is 0 Å². The van der Waals surface area contributed by atoms with Gasteiger partial charge in [0.05, 0.1) is 5.38 Å². The van der Waals surface area contributed by atoms with Crippen LogP contribution in [0, 0.1) is 5.92 Å². The van der Waals surface area contributed by atoms with E-state index in [0.717, 1.165) is 18.9 Å². The number of aryl methyl sites for hydroxylation is 1. The summed E-state index contributed by atoms with van der Waals surface area (Å²) in [5.41, 5.74) is 2.73. The largest absolute Gasteiger partial charge is 0.303 e. The number of hydrogen-bond donors (Lipinski definition) is 0. The Bertz CT molecular complexity index is 590. The summed E-state index contributed by atoms with van der Waals surface area (Å²) in [6.45, 7) is 3.61. The number of nitrogens with zero attached hydrogens (tertiary/aromatic N) is 1. The first-order valence-electron chi connectivity index (χ1n) is 9.76. The maximum Gasteiger partial charge on any atom is 0.0597 e. The van der Waals surface area contributed by atoms with Crippen LogP contribution < -0.4 is 0 Å². The molecule has 0 aliphatic carbocycles. The van der Waals surface area contributed by atoms with Crippen LogP contribution in [0.2, 0.25) is 0 Å². The van der Waals surface area contributed by atoms with Crippen molar-refractivity contribution < 1.29 is 0 Å². The fourth-order valence-corrected chi connectivity index (χ4v) is 4.11. The number of hydrogen-bond acceptors (Lipinski definition) is 1. The highest BCUT2D eigenvalue weighted by molar-refractivity contribution is 6.20. The first-order chi connectivity index (χ1) is 12.3. The van der Waals surface area contributed by atoms with Gasteiger partial charge in [0.15, 0.2) is 0 Å². The van der Waals surface area contributed by atoms with Gasteiger partial charge in [-0.3, -0.25) is 0 Å². The molecule has 2 heteroatoms. The molecule has 25 heavy (non-hydrogen) atoms. The summed E-state index contributed by atoms with van der Waals surface area (Å²) in [7, 11) is 0. The SMILES string of the molecule is ClC(CCN1CCC(CCCc2ccccc2)CC1)c1ccccc1. The summed E-state index contributed by atoms with van der Waals surface area (Å²) in [6.07, 6.45) is 7.69. The summed E-state index contributed by atoms with van der Waals surface area (Å²) in [6, 6.07) is 21.4. The van der Waals surface area contributed by atoms with E-state index in [1.165, 1.54) is 56.3 Å². The van der Waals surface area contributed by atoms with E-state index in [9.17, 15) is 0 Å². The quantitative estimate of drug-likeness (QED) is 0.518. The van der Waals surface area contributed by atoms with Crippen LogP contribution in [0.4, 0.5) is 0 Å². The molecule has 1 fully saturated rings. The molecule has 2 aromatic rings. The number of rotatable bonds is 8. The Balaban J connectivity index is 1.31. The van der Waals surface area contributed by atoms with Crippen molar-refractivity contribution in [1.82, 2.24) is 4.90 Å². The molecule has 0 radical (unpaired) electrons. The molecule has 0 spiro atoms. The first-order valence-corrected chi connectivity index (χ1v) is 10.2. The van der Waals surface area contributed by atoms with Crippen LogP contribution in [0.25, 0.3) is 0 Å². The predicted molar refractivity (Wildman–Crippen MR) is 108 cm³/mol. The Morgan fingerprint density at radius 3 is 2.24 bits per heavy atom. The summed E-state index contributed by atoms with van der Waals surface area (Å²) in [4.78, 5) is 2.60. The van der Waals surface area contributed by atoms with E-state index >= 15 is 0 Å². The normalized spacial score (nSPS) is 17.5. The molecule has 1 unspecified atom stereocenters. The molecule has 1 saturated heterocycles. The molecule has 1 aliphatic rings. The minimum absolute atomic E-state index is 0.143. The third-order valence-electron chi connectivity index (χ3n) is 5.49. The van der Waals surface area contributed by atoms with E-state index < -0.39 is 0 Å². The van der Waals surface area contributed by atoms with Crippen LogP contribution in [0.1, 0.15) is 48.6 Å². The molecule has 0 amide bonds. The highest BCUT2D eigenvalue weighted by atomic mass is 35.5. The smallest absolute Gasteiger partial charge is 0.0597 e. The van der Waals surface area contributed by atoms with Gasteiger partial charge in [0, 0.05) is 0 Å². The van der Waals surface area contributed by atoms with Crippen LogP contribution >= 0.6 is 11.6 Å². The van der Waals surface area contributed by atoms with E-state index in [1.54, 1.807) is 0 Å². The van der Waals surface area contributed by atoms with Gasteiger partial charge in [0.2, 0.25) is 0 Å². The van der Waals surface area contributed by atoms with Crippen LogP contribution in [0.3, 0.4) is 0 Å². The molecule has 1 heterocycles. The second-order valence-electron chi connectivity index (χ2n) is 7.33. The average molecular weight is 356 g/mol. The number of benzene rings is 2. The van der Waals surface area contributed by atoms with Crippen LogP contribution in [-0.2, 0) is 6.42 Å². The zero-order valence-corrected chi connectivity index (χ0v) is 15.9. The molecule has 3 rings (SSSR count). The van der Waals surface area contributed by atoms with Gasteiger partial charge in [-0.05, 0) is 68.8 Å². The minimum atomic E-state index is 0.143. The van der Waals surface area contributed by atoms with Gasteiger partial charge in [-0.15, -0.1) is 11.6 Å². The maximum absolute atomic E-state index is 6.55. The van der Waals surface area contributed by atoms with Crippen molar-refractivity contribution in [3.8, 4) is 0 Å². The summed E-state index contributed by atoms with van der Waals surface area (Å²) in [5.74, 6) is 0.917. The molecule has 1 atom stereocenters. The second-order valence-corrected chi connectivity index (χ2v) is 7.86. The summed E-state index contributed by atoms with van der Waals surface area (Å²) < 4.78 is 0. The van der Waals surface area contributed by atoms with Crippen molar-refractivity contribution in [3.05, 3.63) is 71.8 Å². The van der Waals surface area contributed by atoms with Crippen molar-refractivity contribution in [1.29, 1.82) is 0 Å². The zero-order valence-electron chi connectivity index (χ0n) is 15.1. The van der Waals surface area contributed by atoms with Crippen LogP contribution in [0.15, 0.2) is 60.7 Å². The molecular weight excluding hydrogens is 326 g/mol. The molecule has 0 bridgehead atoms. The Hall–Kier alpha value is -1.31. The fourth-order valence-electron chi connectivity index (χ4n) is 3.86. The number of piperidine rings is 1. The van der Waals surface area contributed by atoms with E-state index in [1.807, 2.05) is 0 Å². The third-order valence-corrected chi connectivity index (χ3v) is 5.96. The van der Waals surface area contributed by atoms with Crippen LogP contribution in [-0.4, -0.2) is 24.5 Å². The zero-order chi connectivity index (χ0) is 17.3. The Morgan fingerprint density at radius 1 is 0.920 bits per heavy atom. The highest BCUT2D eigenvalue weighted by Crippen LogP contribution is 2.27. The molecule has 1 nitrogen and oxygen atoms in total. The first kappa shape index (κ1) is 18.5. The van der Waals surface area contributed by atoms with Crippen molar-refractivity contribution in [2.24, 2.45) is 5.92 Å². The number of alkyl halides is 1. The van der Waals surface area contributed by atoms with Gasteiger partial charge in [0.25, 0.3) is 0 Å². The maximum atomic E-state index is 6.55. The monoisotopic (exact) mass is 355 g/mol. The van der Waals surface area contributed by atoms with Gasteiger partial charge in [0.1, 0.15) is 0 Å². The van der Waals surface area contributed by atoms with Gasteiger partial charge >= 0.3 is 0 Å². The lowest BCUT2D eigenvalue weighted by molar-refractivity contribution is 0.176. The Morgan fingerprint density at radius 2 is 1.56 bits per heavy atom. The van der Waals surface area contributed by atoms with Gasteiger partial charge in [-0.25, -0.2) is 0 Å². The second kappa shape index (κ2) is 9.99. The molecule has 134 valence electrons. The van der Waals surface area contributed by atoms with Crippen molar-refractivity contribution in [3.63, 3.8) is 0 Å². The van der Waals surface area contributed by atoms with Crippen molar-refractivity contribution in [2.75, 3.05) is 19.6 Å². The van der Waals surface area contributed by atoms with Gasteiger partial charge in [-0.2, -0.15) is 0 Å². The van der Waals surface area contributed by atoms with E-state index in [2.05, 4.69) is 65.6 Å². The predicted octanol–water partition coefficient (Wildman–Crippen LogP) is 6.09. The molecular formula is C23H30ClN. The standard InChI is InChI=1S/C23H30ClN/c24-23(22-12-5-2-6-13-22)16-19-25-17-14-21(15-18-25)11-7-10-20-8-3-1-4-9-20/h1-6,8-9,12-13,21,23H,7,10-11,14-19H2. The average Bonchev–Trinajstić information content (AvgIpc) is 2.68. The summed E-state index contributed by atoms with van der Waals surface area (Å²) >= 11 is 6.55. The van der Waals surface area contributed by atoms with E-state index in [0.29, 0.717) is 0 Å². The fraction of sp³-hybridized carbons (Fsp3) is 0.478. The number of halogens is 1. The molecule has 1 aliphatic heterocycles. The third kappa shape index (κ3) is 6.17. The Labute approximate surface area is 158 Å². The lowest BCUT2D eigenvalue weighted by Gasteiger charge is -2.32. The van der Waals surface area contributed by atoms with E-state index in [-0.39, 0.29) is 5.38 Å². The molecule has 0 saturated carbocycles. The van der Waals surface area contributed by atoms with Gasteiger partial charge in [-0.1, -0.05) is 67.1 Å². The molecule has 0 aromatic heterocycles. The van der Waals surface area contributed by atoms with Crippen molar-refractivity contribution in [2.45, 2.75) is 43.9 Å². The van der Waals surface area contributed by atoms with Gasteiger partial charge < -0.3 is 4.90 Å². The molecule has 2 aromatic carbocycles. The highest BCUT2D eigenvalue weighted by Gasteiger charge is 2.19. The minimum Gasteiger partial charge on any atom is -0.303 e. The molecule has 0 N–H and O–H groups in total. The lowest BCUT2D eigenvalue weighted by atomic mass is 9.90. The Kier molecular flexibility index (Phi) is 7.38. The number of likely N-dealkylation sites (tertiary alicyclic amines) is 1. The van der Waals surface area contributed by atoms with Crippen molar-refractivity contribution >= 4 is 11.6 Å². The van der Waals surface area contributed by atoms with E-state index in [4.69, 9.17) is 11.6 Å². The topological polar surface area (TPSA) is 3.24 Å².